The number of ether oxygens (including phenoxy) is 1. The summed E-state index contributed by atoms with van der Waals surface area (Å²) in [4.78, 5) is 284. The fraction of sp³-hybridized carbons (Fsp3) is 0.526. The Morgan fingerprint density at radius 2 is 1.19 bits per heavy atom. The predicted octanol–water partition coefficient (Wildman–Crippen LogP) is -5.53. The highest BCUT2D eigenvalue weighted by Gasteiger charge is 2.41. The second-order valence-corrected chi connectivity index (χ2v) is 30.4. The molecular weight excluding hydrogens is 1650 g/mol. The number of carbonyl (C=O) groups is 20. The average Bonchev–Trinajstić information content (AvgIpc) is 1.62. The Morgan fingerprint density at radius 1 is 0.597 bits per heavy atom. The molecule has 26 N–H and O–H groups in total. The van der Waals surface area contributed by atoms with Crippen molar-refractivity contribution in [3.05, 3.63) is 82.4 Å². The number of esters is 1. The summed E-state index contributed by atoms with van der Waals surface area (Å²) in [5.41, 5.74) is 20.2. The Morgan fingerprint density at radius 3 is 1.81 bits per heavy atom. The third-order valence-electron chi connectivity index (χ3n) is 19.4. The predicted molar refractivity (Wildman–Crippen MR) is 437 cm³/mol. The zero-order chi connectivity index (χ0) is 91.9. The number of nitrogens with two attached hydrogens (primary N) is 3. The number of aromatic nitrogens is 2. The Bertz CT molecular complexity index is 4450. The monoisotopic (exact) mass is 1760 g/mol. The number of aromatic amines is 1. The average molecular weight is 1760 g/mol. The molecule has 678 valence electrons. The van der Waals surface area contributed by atoms with Gasteiger partial charge in [0.2, 0.25) is 88.6 Å². The molecule has 2 aromatic carbocycles. The molecule has 0 aliphatic carbocycles. The van der Waals surface area contributed by atoms with Gasteiger partial charge in [-0.15, -0.1) is 11.3 Å². The fourth-order valence-corrected chi connectivity index (χ4v) is 13.4. The lowest BCUT2D eigenvalue weighted by atomic mass is 9.96. The van der Waals surface area contributed by atoms with Gasteiger partial charge in [0, 0.05) is 78.3 Å². The van der Waals surface area contributed by atoms with Crippen LogP contribution in [0.15, 0.2) is 66.4 Å². The molecule has 4 aromatic rings. The number of Topliss-reactive ketones (excluding diaryl/α,β-unsaturated/α-hetero) is 1. The lowest BCUT2D eigenvalue weighted by Crippen LogP contribution is -2.61. The van der Waals surface area contributed by atoms with E-state index in [1.54, 1.807) is 30.5 Å². The summed E-state index contributed by atoms with van der Waals surface area (Å²) in [6, 6.07) is -11.2. The van der Waals surface area contributed by atoms with Crippen molar-refractivity contribution in [1.29, 1.82) is 0 Å². The van der Waals surface area contributed by atoms with E-state index in [1.807, 2.05) is 16.0 Å². The number of nitrogens with one attached hydrogen (secondary N) is 15. The fourth-order valence-electron chi connectivity index (χ4n) is 12.7. The first kappa shape index (κ1) is 101. The Kier molecular flexibility index (Phi) is 42.2. The zero-order valence-corrected chi connectivity index (χ0v) is 69.4. The molecule has 1 unspecified atom stereocenters. The molecule has 1 aliphatic heterocycles. The molecule has 14 atom stereocenters. The van der Waals surface area contributed by atoms with Gasteiger partial charge in [0.05, 0.1) is 56.9 Å². The molecule has 0 bridgehead atoms. The minimum absolute atomic E-state index is 0.00175. The normalized spacial score (nSPS) is 20.8. The summed E-state index contributed by atoms with van der Waals surface area (Å²) in [7, 11) is 0. The number of aliphatic hydroxyl groups is 2. The molecule has 0 spiro atoms. The largest absolute Gasteiger partial charge is 0.481 e. The van der Waals surface area contributed by atoms with Gasteiger partial charge in [-0.05, 0) is 69.2 Å². The molecule has 124 heavy (non-hydrogen) atoms. The number of para-hydroxylation sites is 2. The van der Waals surface area contributed by atoms with E-state index in [9.17, 15) is 121 Å². The van der Waals surface area contributed by atoms with Gasteiger partial charge in [0.15, 0.2) is 5.78 Å². The van der Waals surface area contributed by atoms with Crippen LogP contribution in [0.5, 0.6) is 0 Å². The van der Waals surface area contributed by atoms with E-state index in [1.165, 1.54) is 47.3 Å². The number of anilines is 1. The number of fused-ring (bicyclic) bond motifs is 1. The van der Waals surface area contributed by atoms with E-state index in [4.69, 9.17) is 21.9 Å². The van der Waals surface area contributed by atoms with Crippen LogP contribution in [0.25, 0.3) is 10.9 Å². The molecule has 1 fully saturated rings. The van der Waals surface area contributed by atoms with Gasteiger partial charge in [0.25, 0.3) is 0 Å². The molecule has 3 heterocycles. The first-order chi connectivity index (χ1) is 58.8. The lowest BCUT2D eigenvalue weighted by molar-refractivity contribution is -0.156. The summed E-state index contributed by atoms with van der Waals surface area (Å²) in [5.74, 6) is -28.2. The van der Waals surface area contributed by atoms with Gasteiger partial charge in [-0.3, -0.25) is 96.1 Å². The van der Waals surface area contributed by atoms with E-state index in [0.29, 0.717) is 34.2 Å². The Labute approximate surface area is 714 Å². The third-order valence-corrected chi connectivity index (χ3v) is 20.2. The van der Waals surface area contributed by atoms with Gasteiger partial charge >= 0.3 is 23.9 Å². The number of cyclic esters (lactones) is 1. The Hall–Kier alpha value is -13.1. The number of rotatable bonds is 39. The highest BCUT2D eigenvalue weighted by molar-refractivity contribution is 7.09. The maximum absolute atomic E-state index is 15.0. The molecule has 1 aliphatic rings. The Balaban J connectivity index is 1.62. The maximum atomic E-state index is 15.0. The number of nitrogens with zero attached hydrogens (tertiary/aromatic N) is 1. The van der Waals surface area contributed by atoms with Crippen molar-refractivity contribution in [2.75, 3.05) is 38.6 Å². The van der Waals surface area contributed by atoms with Crippen LogP contribution in [0, 0.1) is 5.92 Å². The van der Waals surface area contributed by atoms with E-state index in [-0.39, 0.29) is 43.5 Å². The van der Waals surface area contributed by atoms with Crippen molar-refractivity contribution in [3.63, 3.8) is 0 Å². The second kappa shape index (κ2) is 51.6. The standard InChI is InChI=1S/C78H109N19O26S/c1-5-6-7-8-9-10-11-22-59(102)89-51(27-42-33-84-48-20-15-13-17-44(42)48)73(117)93-52(30-58(81)101)74(118)91-50(23-25-98)71(115)97-66-41(4)123-78(122)55(29-57(100)45-18-12-14-19-46(45)79)95-77(121)65(39(2)26-62(105)106)96-75(119)56(37-99)90-61(104)35-85-69(113)53(31-63(107)108)92-67(111)40(3)87-72(116)54(32-64(109)110)94-70(114)49(88-60(103)36-86-76(66)120)21-16-24-83-68(112)47(80)28-43-34-82-38-124-43/h12-15,17-20,33-34,38-41,47,49-56,65-66,84,98-99H,5-11,16,21-32,35-37,79-80H2,1-4H3,(H2,81,101)(H,83,112)(H,85,113)(H,86,120)(H,87,116)(H,88,103)(H,89,102)(H,90,104)(H,91,118)(H,92,111)(H,93,117)(H,94,114)(H,95,121)(H,96,119)(H,97,115)(H,105,106)(H,107,108)(H,109,110)/t39-,40-,41-,47?,49+,50+,51+,52+,53+,54+,55+,56-,65+,66+/m1/s1. The van der Waals surface area contributed by atoms with Crippen LogP contribution in [0.3, 0.4) is 0 Å². The number of carboxylic acids is 3. The highest BCUT2D eigenvalue weighted by Crippen LogP contribution is 2.22. The van der Waals surface area contributed by atoms with Crippen LogP contribution in [0.4, 0.5) is 5.69 Å². The topological polar surface area (TPSA) is 727 Å². The number of carbonyl (C=O) groups excluding carboxylic acids is 17. The van der Waals surface area contributed by atoms with Gasteiger partial charge in [-0.2, -0.15) is 0 Å². The summed E-state index contributed by atoms with van der Waals surface area (Å²) in [5, 5.41) is 82.6. The number of benzene rings is 2. The molecule has 5 rings (SSSR count). The van der Waals surface area contributed by atoms with Crippen molar-refractivity contribution in [2.45, 2.75) is 222 Å². The minimum Gasteiger partial charge on any atom is -0.481 e. The van der Waals surface area contributed by atoms with E-state index >= 15 is 0 Å². The molecular formula is C78H109N19O26S. The second-order valence-electron chi connectivity index (χ2n) is 29.4. The van der Waals surface area contributed by atoms with Crippen molar-refractivity contribution < 1.29 is 126 Å². The van der Waals surface area contributed by atoms with Crippen LogP contribution in [-0.4, -0.2) is 265 Å². The number of aliphatic hydroxyl groups excluding tert-OH is 2. The zero-order valence-electron chi connectivity index (χ0n) is 68.6. The van der Waals surface area contributed by atoms with Crippen LogP contribution >= 0.6 is 11.3 Å². The number of hydrogen-bond donors (Lipinski definition) is 23. The molecule has 0 radical (unpaired) electrons. The SMILES string of the molecule is CCCCCCCCCC(=O)N[C@@H](Cc1c[nH]c2ccccc12)C(=O)N[C@@H](CC(N)=O)C(=O)N[C@@H](CCO)C(=O)N[C@@H]1C(=O)NCC(=O)N[C@@H](CCCNC(=O)C(N)Cc2cncs2)C(=O)N[C@@H](CC(=O)O)C(=O)N[C@H](C)C(=O)N[C@@H](CC(=O)O)C(=O)NCC(=O)N[C@H](CO)C(=O)N[C@@H]([C@H](C)CC(=O)O)C(=O)N[C@@H](CC(=O)c2ccccc2N)C(=O)O[C@@H]1C. The van der Waals surface area contributed by atoms with Gasteiger partial charge in [0.1, 0.15) is 72.6 Å². The number of hydrogen-bond acceptors (Lipinski definition) is 27. The van der Waals surface area contributed by atoms with Gasteiger partial charge < -0.3 is 127 Å². The number of unbranched alkanes of at least 4 members (excludes halogenated alkanes) is 6. The van der Waals surface area contributed by atoms with Gasteiger partial charge in [-0.25, -0.2) is 4.79 Å². The maximum Gasteiger partial charge on any atom is 0.329 e. The first-order valence-electron chi connectivity index (χ1n) is 39.9. The first-order valence-corrected chi connectivity index (χ1v) is 40.8. The smallest absolute Gasteiger partial charge is 0.329 e. The number of amides is 15. The molecule has 46 heteroatoms. The summed E-state index contributed by atoms with van der Waals surface area (Å²) in [6.07, 6.45) is -0.202. The van der Waals surface area contributed by atoms with Crippen molar-refractivity contribution >= 4 is 146 Å². The molecule has 1 saturated heterocycles. The number of carboxylic acid groups (broad SMARTS) is 3. The molecule has 2 aromatic heterocycles. The number of thiazole rings is 1. The highest BCUT2D eigenvalue weighted by atomic mass is 32.1. The summed E-state index contributed by atoms with van der Waals surface area (Å²) in [6.45, 7) is 0.0850. The van der Waals surface area contributed by atoms with Crippen molar-refractivity contribution in [2.24, 2.45) is 17.4 Å². The number of nitrogen functional groups attached to an aromatic ring is 1. The summed E-state index contributed by atoms with van der Waals surface area (Å²) < 4.78 is 5.77. The lowest BCUT2D eigenvalue weighted by Gasteiger charge is -2.30. The van der Waals surface area contributed by atoms with E-state index in [0.717, 1.165) is 52.9 Å². The number of ketones is 1. The van der Waals surface area contributed by atoms with Crippen molar-refractivity contribution in [3.8, 4) is 0 Å². The van der Waals surface area contributed by atoms with E-state index in [2.05, 4.69) is 75.4 Å². The summed E-state index contributed by atoms with van der Waals surface area (Å²) >= 11 is 1.21. The third kappa shape index (κ3) is 34.4. The number of H-pyrrole nitrogens is 1. The van der Waals surface area contributed by atoms with Crippen LogP contribution in [0.2, 0.25) is 0 Å². The van der Waals surface area contributed by atoms with Crippen LogP contribution in [-0.2, 0) is 109 Å². The molecule has 15 amide bonds. The molecule has 45 nitrogen and oxygen atoms in total. The molecule has 0 saturated carbocycles. The van der Waals surface area contributed by atoms with Crippen molar-refractivity contribution in [1.82, 2.24) is 84.4 Å². The van der Waals surface area contributed by atoms with Crippen LogP contribution in [0.1, 0.15) is 151 Å². The quantitative estimate of drug-likeness (QED) is 0.00857. The minimum atomic E-state index is -2.38. The number of primary amides is 1. The van der Waals surface area contributed by atoms with Gasteiger partial charge in [-0.1, -0.05) is 82.7 Å². The van der Waals surface area contributed by atoms with Crippen LogP contribution < -0.4 is 91.6 Å². The van der Waals surface area contributed by atoms with E-state index < -0.39 is 274 Å². The number of aliphatic carboxylic acids is 3.